The minimum Gasteiger partial charge on any atom is -0.314 e. The van der Waals surface area contributed by atoms with Crippen LogP contribution in [0.15, 0.2) is 24.3 Å². The second-order valence-electron chi connectivity index (χ2n) is 3.56. The third-order valence-electron chi connectivity index (χ3n) is 2.26. The minimum atomic E-state index is -0.208. The van der Waals surface area contributed by atoms with E-state index in [1.807, 2.05) is 20.0 Å². The fraction of sp³-hybridized carbons (Fsp3) is 0.250. The number of aryl methyl sites for hydroxylation is 1. The summed E-state index contributed by atoms with van der Waals surface area (Å²) in [6.45, 7) is 2.71. The van der Waals surface area contributed by atoms with Crippen molar-refractivity contribution in [1.29, 1.82) is 0 Å². The van der Waals surface area contributed by atoms with E-state index in [2.05, 4.69) is 10.3 Å². The topological polar surface area (TPSA) is 24.9 Å². The second-order valence-corrected chi connectivity index (χ2v) is 4.65. The Morgan fingerprint density at radius 3 is 2.94 bits per heavy atom. The number of rotatable bonds is 3. The largest absolute Gasteiger partial charge is 0.314 e. The fourth-order valence-corrected chi connectivity index (χ4v) is 2.65. The predicted octanol–water partition coefficient (Wildman–Crippen LogP) is 2.98. The normalized spacial score (nSPS) is 10.7. The zero-order chi connectivity index (χ0) is 11.5. The molecule has 0 fully saturated rings. The maximum Gasteiger partial charge on any atom is 0.123 e. The van der Waals surface area contributed by atoms with Crippen molar-refractivity contribution in [2.24, 2.45) is 0 Å². The second kappa shape index (κ2) is 4.72. The van der Waals surface area contributed by atoms with Gasteiger partial charge in [0.2, 0.25) is 0 Å². The van der Waals surface area contributed by atoms with Gasteiger partial charge in [0.1, 0.15) is 10.8 Å². The number of halogens is 1. The number of hydrogen-bond donors (Lipinski definition) is 1. The molecule has 2 nitrogen and oxygen atoms in total. The van der Waals surface area contributed by atoms with Gasteiger partial charge in [0, 0.05) is 6.54 Å². The Hall–Kier alpha value is -1.26. The molecule has 0 bridgehead atoms. The van der Waals surface area contributed by atoms with Gasteiger partial charge in [0.15, 0.2) is 0 Å². The van der Waals surface area contributed by atoms with Crippen molar-refractivity contribution in [3.63, 3.8) is 0 Å². The van der Waals surface area contributed by atoms with Crippen LogP contribution in [-0.4, -0.2) is 12.0 Å². The van der Waals surface area contributed by atoms with Gasteiger partial charge in [-0.3, -0.25) is 0 Å². The van der Waals surface area contributed by atoms with Gasteiger partial charge in [-0.2, -0.15) is 0 Å². The van der Waals surface area contributed by atoms with Crippen LogP contribution >= 0.6 is 11.3 Å². The van der Waals surface area contributed by atoms with Gasteiger partial charge >= 0.3 is 0 Å². The monoisotopic (exact) mass is 236 g/mol. The van der Waals surface area contributed by atoms with Gasteiger partial charge in [-0.1, -0.05) is 12.1 Å². The first kappa shape index (κ1) is 11.2. The van der Waals surface area contributed by atoms with Crippen LogP contribution in [0.5, 0.6) is 0 Å². The molecule has 0 unspecified atom stereocenters. The van der Waals surface area contributed by atoms with E-state index in [9.17, 15) is 4.39 Å². The molecule has 0 aliphatic carbocycles. The van der Waals surface area contributed by atoms with Gasteiger partial charge in [0.05, 0.1) is 10.6 Å². The van der Waals surface area contributed by atoms with E-state index in [1.54, 1.807) is 23.5 Å². The van der Waals surface area contributed by atoms with E-state index >= 15 is 0 Å². The number of hydrogen-bond acceptors (Lipinski definition) is 3. The first-order valence-corrected chi connectivity index (χ1v) is 5.89. The highest BCUT2D eigenvalue weighted by molar-refractivity contribution is 7.15. The average molecular weight is 236 g/mol. The fourth-order valence-electron chi connectivity index (χ4n) is 1.58. The molecule has 0 aliphatic rings. The Kier molecular flexibility index (Phi) is 3.31. The lowest BCUT2D eigenvalue weighted by atomic mass is 10.1. The van der Waals surface area contributed by atoms with Crippen molar-refractivity contribution < 1.29 is 4.39 Å². The molecule has 1 heterocycles. The third kappa shape index (κ3) is 2.28. The quantitative estimate of drug-likeness (QED) is 0.886. The Morgan fingerprint density at radius 1 is 1.44 bits per heavy atom. The van der Waals surface area contributed by atoms with Gasteiger partial charge < -0.3 is 5.32 Å². The molecule has 0 aliphatic heterocycles. The lowest BCUT2D eigenvalue weighted by molar-refractivity contribution is 0.628. The number of thiazole rings is 1. The predicted molar refractivity (Wildman–Crippen MR) is 65.0 cm³/mol. The summed E-state index contributed by atoms with van der Waals surface area (Å²) >= 11 is 1.61. The van der Waals surface area contributed by atoms with Crippen LogP contribution in [0.3, 0.4) is 0 Å². The van der Waals surface area contributed by atoms with Crippen molar-refractivity contribution in [1.82, 2.24) is 10.3 Å². The lowest BCUT2D eigenvalue weighted by Gasteiger charge is -1.97. The Bertz CT molecular complexity index is 494. The molecule has 1 N–H and O–H groups in total. The highest BCUT2D eigenvalue weighted by atomic mass is 32.1. The zero-order valence-electron chi connectivity index (χ0n) is 9.25. The zero-order valence-corrected chi connectivity index (χ0v) is 10.1. The summed E-state index contributed by atoms with van der Waals surface area (Å²) in [7, 11) is 1.89. The van der Waals surface area contributed by atoms with Crippen LogP contribution in [0.1, 0.15) is 10.7 Å². The molecule has 0 radical (unpaired) electrons. The van der Waals surface area contributed by atoms with E-state index in [0.717, 1.165) is 27.7 Å². The molecule has 0 amide bonds. The molecule has 84 valence electrons. The molecule has 0 saturated carbocycles. The summed E-state index contributed by atoms with van der Waals surface area (Å²) < 4.78 is 13.1. The van der Waals surface area contributed by atoms with Crippen molar-refractivity contribution in [3.8, 4) is 10.4 Å². The van der Waals surface area contributed by atoms with E-state index in [1.165, 1.54) is 6.07 Å². The van der Waals surface area contributed by atoms with Crippen LogP contribution in [0, 0.1) is 12.7 Å². The van der Waals surface area contributed by atoms with Gasteiger partial charge in [-0.05, 0) is 31.7 Å². The van der Waals surface area contributed by atoms with Gasteiger partial charge in [-0.25, -0.2) is 9.37 Å². The molecule has 1 aromatic heterocycles. The highest BCUT2D eigenvalue weighted by Gasteiger charge is 2.09. The van der Waals surface area contributed by atoms with Gasteiger partial charge in [-0.15, -0.1) is 11.3 Å². The van der Waals surface area contributed by atoms with Crippen LogP contribution in [0.25, 0.3) is 10.4 Å². The summed E-state index contributed by atoms with van der Waals surface area (Å²) in [5.41, 5.74) is 1.86. The lowest BCUT2D eigenvalue weighted by Crippen LogP contribution is -2.04. The molecule has 1 aromatic carbocycles. The maximum absolute atomic E-state index is 13.1. The van der Waals surface area contributed by atoms with Crippen molar-refractivity contribution >= 4 is 11.3 Å². The molecular formula is C12H13FN2S. The molecule has 16 heavy (non-hydrogen) atoms. The summed E-state index contributed by atoms with van der Waals surface area (Å²) in [6.07, 6.45) is 0. The van der Waals surface area contributed by atoms with E-state index < -0.39 is 0 Å². The van der Waals surface area contributed by atoms with Crippen LogP contribution in [0.2, 0.25) is 0 Å². The minimum absolute atomic E-state index is 0.208. The maximum atomic E-state index is 13.1. The van der Waals surface area contributed by atoms with Crippen molar-refractivity contribution in [2.45, 2.75) is 13.5 Å². The molecular weight excluding hydrogens is 223 g/mol. The first-order valence-electron chi connectivity index (χ1n) is 5.07. The van der Waals surface area contributed by atoms with Crippen molar-refractivity contribution in [3.05, 3.63) is 40.8 Å². The summed E-state index contributed by atoms with van der Waals surface area (Å²) in [5.74, 6) is -0.208. The Morgan fingerprint density at radius 2 is 2.25 bits per heavy atom. The number of nitrogens with zero attached hydrogens (tertiary/aromatic N) is 1. The van der Waals surface area contributed by atoms with E-state index in [0.29, 0.717) is 0 Å². The van der Waals surface area contributed by atoms with E-state index in [-0.39, 0.29) is 5.82 Å². The smallest absolute Gasteiger partial charge is 0.123 e. The average Bonchev–Trinajstić information content (AvgIpc) is 2.60. The highest BCUT2D eigenvalue weighted by Crippen LogP contribution is 2.30. The van der Waals surface area contributed by atoms with Gasteiger partial charge in [0.25, 0.3) is 0 Å². The number of nitrogens with one attached hydrogen (secondary N) is 1. The SMILES string of the molecule is CNCc1nc(C)c(-c2cccc(F)c2)s1. The van der Waals surface area contributed by atoms with Crippen LogP contribution < -0.4 is 5.32 Å². The molecule has 2 rings (SSSR count). The van der Waals surface area contributed by atoms with Crippen molar-refractivity contribution in [2.75, 3.05) is 7.05 Å². The molecule has 0 saturated heterocycles. The number of benzene rings is 1. The van der Waals surface area contributed by atoms with E-state index in [4.69, 9.17) is 0 Å². The standard InChI is InChI=1S/C12H13FN2S/c1-8-12(16-11(15-8)7-14-2)9-4-3-5-10(13)6-9/h3-6,14H,7H2,1-2H3. The van der Waals surface area contributed by atoms with Crippen LogP contribution in [-0.2, 0) is 6.54 Å². The molecule has 0 atom stereocenters. The molecule has 0 spiro atoms. The summed E-state index contributed by atoms with van der Waals surface area (Å²) in [4.78, 5) is 5.49. The Labute approximate surface area is 98.2 Å². The molecule has 2 aromatic rings. The first-order chi connectivity index (χ1) is 7.70. The number of aromatic nitrogens is 1. The Balaban J connectivity index is 2.40. The summed E-state index contributed by atoms with van der Waals surface area (Å²) in [5, 5.41) is 4.09. The summed E-state index contributed by atoms with van der Waals surface area (Å²) in [6, 6.07) is 6.63. The van der Waals surface area contributed by atoms with Crippen LogP contribution in [0.4, 0.5) is 4.39 Å². The third-order valence-corrected chi connectivity index (χ3v) is 3.46. The molecule has 4 heteroatoms.